The summed E-state index contributed by atoms with van der Waals surface area (Å²) >= 11 is 6.98. The third-order valence-electron chi connectivity index (χ3n) is 4.24. The smallest absolute Gasteiger partial charge is 0.282 e. The largest absolute Gasteiger partial charge is 0.376 e. The Hall–Kier alpha value is -1.83. The first-order valence-electron chi connectivity index (χ1n) is 8.23. The molecule has 1 amide bonds. The van der Waals surface area contributed by atoms with Crippen LogP contribution < -0.4 is 4.80 Å². The van der Waals surface area contributed by atoms with Crippen LogP contribution in [0.4, 0.5) is 4.39 Å². The first-order chi connectivity index (χ1) is 12.4. The van der Waals surface area contributed by atoms with Crippen molar-refractivity contribution < 1.29 is 18.7 Å². The van der Waals surface area contributed by atoms with Gasteiger partial charge in [-0.05, 0) is 38.0 Å². The van der Waals surface area contributed by atoms with Crippen LogP contribution in [0.15, 0.2) is 23.2 Å². The molecule has 1 aromatic carbocycles. The number of ketones is 1. The molecule has 1 saturated heterocycles. The summed E-state index contributed by atoms with van der Waals surface area (Å²) in [7, 11) is 0. The molecule has 3 rings (SSSR count). The van der Waals surface area contributed by atoms with Gasteiger partial charge in [-0.2, -0.15) is 4.99 Å². The lowest BCUT2D eigenvalue weighted by atomic mass is 10.2. The van der Waals surface area contributed by atoms with Gasteiger partial charge < -0.3 is 9.30 Å². The van der Waals surface area contributed by atoms with Gasteiger partial charge in [0.1, 0.15) is 5.82 Å². The minimum atomic E-state index is -0.734. The first kappa shape index (κ1) is 18.9. The lowest BCUT2D eigenvalue weighted by Gasteiger charge is -2.12. The average Bonchev–Trinajstić information content (AvgIpc) is 3.20. The van der Waals surface area contributed by atoms with Crippen molar-refractivity contribution >= 4 is 34.6 Å². The highest BCUT2D eigenvalue weighted by atomic mass is 35.5. The Morgan fingerprint density at radius 1 is 1.46 bits per heavy atom. The highest BCUT2D eigenvalue weighted by molar-refractivity contribution is 7.11. The molecule has 2 aromatic rings. The Morgan fingerprint density at radius 2 is 2.23 bits per heavy atom. The quantitative estimate of drug-likeness (QED) is 0.739. The van der Waals surface area contributed by atoms with E-state index in [0.717, 1.165) is 35.9 Å². The van der Waals surface area contributed by atoms with E-state index in [9.17, 15) is 14.0 Å². The van der Waals surface area contributed by atoms with Crippen molar-refractivity contribution in [2.45, 2.75) is 39.3 Å². The van der Waals surface area contributed by atoms with E-state index < -0.39 is 11.7 Å². The standard InChI is InChI=1S/C18H18ClFN2O3S/c1-10-16(11(2)23)26-18(22(10)9-13-4-3-7-25-13)21-17(24)14-8-12(19)5-6-15(14)20/h5-6,8,13H,3-4,7,9H2,1-2H3/t13-/m1/s1. The molecule has 0 unspecified atom stereocenters. The molecule has 1 atom stereocenters. The van der Waals surface area contributed by atoms with E-state index in [-0.39, 0.29) is 22.5 Å². The van der Waals surface area contributed by atoms with Gasteiger partial charge in [-0.3, -0.25) is 9.59 Å². The zero-order valence-corrected chi connectivity index (χ0v) is 16.0. The van der Waals surface area contributed by atoms with Crippen molar-refractivity contribution in [3.05, 3.63) is 50.0 Å². The third-order valence-corrected chi connectivity index (χ3v) is 5.76. The maximum atomic E-state index is 13.9. The molecule has 2 heterocycles. The third kappa shape index (κ3) is 3.95. The van der Waals surface area contributed by atoms with Gasteiger partial charge in [0, 0.05) is 24.2 Å². The normalized spacial score (nSPS) is 17.7. The maximum Gasteiger partial charge on any atom is 0.282 e. The summed E-state index contributed by atoms with van der Waals surface area (Å²) in [5.74, 6) is -1.52. The van der Waals surface area contributed by atoms with Gasteiger partial charge in [-0.1, -0.05) is 22.9 Å². The Bertz CT molecular complexity index is 929. The van der Waals surface area contributed by atoms with Gasteiger partial charge in [-0.15, -0.1) is 0 Å². The Balaban J connectivity index is 2.05. The molecular formula is C18H18ClFN2O3S. The summed E-state index contributed by atoms with van der Waals surface area (Å²) < 4.78 is 21.4. The van der Waals surface area contributed by atoms with Crippen molar-refractivity contribution in [2.75, 3.05) is 6.61 Å². The fourth-order valence-electron chi connectivity index (χ4n) is 2.91. The number of carbonyl (C=O) groups is 2. The predicted octanol–water partition coefficient (Wildman–Crippen LogP) is 3.77. The second-order valence-corrected chi connectivity index (χ2v) is 7.56. The number of hydrogen-bond acceptors (Lipinski definition) is 4. The summed E-state index contributed by atoms with van der Waals surface area (Å²) in [5.41, 5.74) is 0.535. The average molecular weight is 397 g/mol. The Labute approximate surface area is 159 Å². The number of hydrogen-bond donors (Lipinski definition) is 0. The van der Waals surface area contributed by atoms with Crippen LogP contribution in [0.5, 0.6) is 0 Å². The molecule has 1 aliphatic heterocycles. The van der Waals surface area contributed by atoms with E-state index >= 15 is 0 Å². The highest BCUT2D eigenvalue weighted by Gasteiger charge is 2.21. The molecule has 8 heteroatoms. The summed E-state index contributed by atoms with van der Waals surface area (Å²) in [6.45, 7) is 4.48. The fraction of sp³-hybridized carbons (Fsp3) is 0.389. The van der Waals surface area contributed by atoms with Crippen LogP contribution in [0.25, 0.3) is 0 Å². The van der Waals surface area contributed by atoms with Crippen molar-refractivity contribution in [3.8, 4) is 0 Å². The van der Waals surface area contributed by atoms with Gasteiger partial charge in [0.15, 0.2) is 10.6 Å². The lowest BCUT2D eigenvalue weighted by Crippen LogP contribution is -2.25. The summed E-state index contributed by atoms with van der Waals surface area (Å²) in [6, 6.07) is 3.75. The molecule has 0 radical (unpaired) electrons. The second kappa shape index (κ2) is 7.82. The number of amides is 1. The molecule has 1 aliphatic rings. The van der Waals surface area contributed by atoms with Crippen molar-refractivity contribution in [2.24, 2.45) is 4.99 Å². The molecule has 26 heavy (non-hydrogen) atoms. The van der Waals surface area contributed by atoms with E-state index in [1.807, 2.05) is 6.92 Å². The van der Waals surface area contributed by atoms with Crippen molar-refractivity contribution in [3.63, 3.8) is 0 Å². The molecule has 0 spiro atoms. The summed E-state index contributed by atoms with van der Waals surface area (Å²) in [4.78, 5) is 29.3. The van der Waals surface area contributed by atoms with E-state index in [2.05, 4.69) is 4.99 Å². The summed E-state index contributed by atoms with van der Waals surface area (Å²) in [5, 5.41) is 0.254. The minimum absolute atomic E-state index is 0.0140. The van der Waals surface area contributed by atoms with Crippen LogP contribution in [-0.4, -0.2) is 29.0 Å². The number of aromatic nitrogens is 1. The van der Waals surface area contributed by atoms with Crippen LogP contribution in [0.3, 0.4) is 0 Å². The zero-order chi connectivity index (χ0) is 18.8. The highest BCUT2D eigenvalue weighted by Crippen LogP contribution is 2.19. The van der Waals surface area contributed by atoms with Crippen LogP contribution >= 0.6 is 22.9 Å². The SMILES string of the molecule is CC(=O)c1sc(=NC(=O)c2cc(Cl)ccc2F)n(C[C@H]2CCCO2)c1C. The van der Waals surface area contributed by atoms with E-state index in [4.69, 9.17) is 16.3 Å². The van der Waals surface area contributed by atoms with Crippen molar-refractivity contribution in [1.82, 2.24) is 4.57 Å². The summed E-state index contributed by atoms with van der Waals surface area (Å²) in [6.07, 6.45) is 1.90. The van der Waals surface area contributed by atoms with Gasteiger partial charge in [0.2, 0.25) is 0 Å². The van der Waals surface area contributed by atoms with Crippen LogP contribution in [0.1, 0.15) is 45.5 Å². The zero-order valence-electron chi connectivity index (χ0n) is 14.4. The van der Waals surface area contributed by atoms with Gasteiger partial charge in [-0.25, -0.2) is 4.39 Å². The number of thiazole rings is 1. The number of rotatable bonds is 4. The van der Waals surface area contributed by atoms with E-state index in [1.165, 1.54) is 19.1 Å². The van der Waals surface area contributed by atoms with E-state index in [0.29, 0.717) is 22.8 Å². The monoisotopic (exact) mass is 396 g/mol. The molecule has 1 fully saturated rings. The van der Waals surface area contributed by atoms with Crippen LogP contribution in [-0.2, 0) is 11.3 Å². The first-order valence-corrected chi connectivity index (χ1v) is 9.43. The topological polar surface area (TPSA) is 60.7 Å². The number of carbonyl (C=O) groups excluding carboxylic acids is 2. The lowest BCUT2D eigenvalue weighted by molar-refractivity contribution is 0.0942. The van der Waals surface area contributed by atoms with Gasteiger partial charge >= 0.3 is 0 Å². The molecular weight excluding hydrogens is 379 g/mol. The number of ether oxygens (including phenoxy) is 1. The molecule has 0 bridgehead atoms. The van der Waals surface area contributed by atoms with Gasteiger partial charge in [0.05, 0.1) is 23.1 Å². The molecule has 5 nitrogen and oxygen atoms in total. The Kier molecular flexibility index (Phi) is 5.70. The molecule has 0 N–H and O–H groups in total. The molecule has 0 aliphatic carbocycles. The van der Waals surface area contributed by atoms with Crippen LogP contribution in [0, 0.1) is 12.7 Å². The van der Waals surface area contributed by atoms with Gasteiger partial charge in [0.25, 0.3) is 5.91 Å². The number of Topliss-reactive ketones (excluding diaryl/α,β-unsaturated/α-hetero) is 1. The fourth-order valence-corrected chi connectivity index (χ4v) is 4.12. The maximum absolute atomic E-state index is 13.9. The van der Waals surface area contributed by atoms with Crippen LogP contribution in [0.2, 0.25) is 5.02 Å². The minimum Gasteiger partial charge on any atom is -0.376 e. The number of benzene rings is 1. The number of halogens is 2. The van der Waals surface area contributed by atoms with Crippen molar-refractivity contribution in [1.29, 1.82) is 0 Å². The molecule has 1 aromatic heterocycles. The van der Waals surface area contributed by atoms with E-state index in [1.54, 1.807) is 4.57 Å². The number of nitrogens with zero attached hydrogens (tertiary/aromatic N) is 2. The molecule has 138 valence electrons. The predicted molar refractivity (Wildman–Crippen MR) is 97.3 cm³/mol. The second-order valence-electron chi connectivity index (χ2n) is 6.14. The Morgan fingerprint density at radius 3 is 2.88 bits per heavy atom. The molecule has 0 saturated carbocycles.